The van der Waals surface area contributed by atoms with Crippen molar-refractivity contribution < 1.29 is 9.53 Å². The third-order valence-corrected chi connectivity index (χ3v) is 3.45. The number of halogens is 1. The fourth-order valence-electron chi connectivity index (χ4n) is 1.59. The molecule has 3 nitrogen and oxygen atoms in total. The highest BCUT2D eigenvalue weighted by Gasteiger charge is 2.07. The first-order valence-corrected chi connectivity index (χ1v) is 7.52. The third kappa shape index (κ3) is 5.64. The van der Waals surface area contributed by atoms with Crippen molar-refractivity contribution in [1.29, 1.82) is 0 Å². The summed E-state index contributed by atoms with van der Waals surface area (Å²) in [6.45, 7) is 7.15. The number of nitrogens with one attached hydrogen (secondary N) is 1. The average Bonchev–Trinajstić information content (AvgIpc) is 2.37. The Morgan fingerprint density at radius 3 is 2.74 bits per heavy atom. The molecule has 1 amide bonds. The molecule has 0 aromatic heterocycles. The monoisotopic (exact) mass is 327 g/mol. The van der Waals surface area contributed by atoms with Crippen LogP contribution in [0, 0.1) is 0 Å². The van der Waals surface area contributed by atoms with Gasteiger partial charge in [-0.25, -0.2) is 0 Å². The molecule has 4 heteroatoms. The summed E-state index contributed by atoms with van der Waals surface area (Å²) >= 11 is 3.47. The molecule has 0 fully saturated rings. The van der Waals surface area contributed by atoms with Crippen molar-refractivity contribution in [3.8, 4) is 5.75 Å². The van der Waals surface area contributed by atoms with Gasteiger partial charge in [-0.1, -0.05) is 33.3 Å². The number of unbranched alkanes of at least 4 members (excludes halogenated alkanes) is 1. The van der Waals surface area contributed by atoms with E-state index in [4.69, 9.17) is 4.74 Å². The standard InChI is InChI=1S/C15H22BrNO2/c1-4-5-8-17-15(18)10-19-14-7-6-12(11(2)3)9-13(14)16/h6-7,9,11H,4-5,8,10H2,1-3H3,(H,17,18). The Bertz CT molecular complexity index is 419. The van der Waals surface area contributed by atoms with E-state index < -0.39 is 0 Å². The highest BCUT2D eigenvalue weighted by atomic mass is 79.9. The molecule has 0 aliphatic heterocycles. The molecule has 0 aliphatic carbocycles. The summed E-state index contributed by atoms with van der Waals surface area (Å²) in [5.41, 5.74) is 1.24. The van der Waals surface area contributed by atoms with Gasteiger partial charge in [-0.2, -0.15) is 0 Å². The summed E-state index contributed by atoms with van der Waals surface area (Å²) in [6, 6.07) is 5.97. The van der Waals surface area contributed by atoms with E-state index in [0.29, 0.717) is 18.2 Å². The van der Waals surface area contributed by atoms with Crippen molar-refractivity contribution >= 4 is 21.8 Å². The smallest absolute Gasteiger partial charge is 0.257 e. The van der Waals surface area contributed by atoms with E-state index >= 15 is 0 Å². The van der Waals surface area contributed by atoms with Crippen LogP contribution in [0.3, 0.4) is 0 Å². The lowest BCUT2D eigenvalue weighted by Crippen LogP contribution is -2.29. The number of hydrogen-bond donors (Lipinski definition) is 1. The Labute approximate surface area is 123 Å². The lowest BCUT2D eigenvalue weighted by molar-refractivity contribution is -0.123. The molecule has 0 atom stereocenters. The molecular weight excluding hydrogens is 306 g/mol. The average molecular weight is 328 g/mol. The van der Waals surface area contributed by atoms with Gasteiger partial charge in [-0.15, -0.1) is 0 Å². The molecule has 1 rings (SSSR count). The van der Waals surface area contributed by atoms with Crippen molar-refractivity contribution in [3.05, 3.63) is 28.2 Å². The lowest BCUT2D eigenvalue weighted by atomic mass is 10.0. The molecule has 0 aliphatic rings. The number of ether oxygens (including phenoxy) is 1. The molecule has 0 unspecified atom stereocenters. The van der Waals surface area contributed by atoms with Crippen molar-refractivity contribution in [2.24, 2.45) is 0 Å². The second kappa shape index (κ2) is 8.20. The van der Waals surface area contributed by atoms with Gasteiger partial charge in [-0.05, 0) is 46.0 Å². The van der Waals surface area contributed by atoms with Gasteiger partial charge in [0.1, 0.15) is 5.75 Å². The maximum Gasteiger partial charge on any atom is 0.257 e. The molecule has 1 aromatic rings. The third-order valence-electron chi connectivity index (χ3n) is 2.83. The van der Waals surface area contributed by atoms with Crippen LogP contribution >= 0.6 is 15.9 Å². The van der Waals surface area contributed by atoms with Crippen molar-refractivity contribution in [2.75, 3.05) is 13.2 Å². The van der Waals surface area contributed by atoms with Gasteiger partial charge < -0.3 is 10.1 Å². The number of rotatable bonds is 7. The molecule has 106 valence electrons. The van der Waals surface area contributed by atoms with Crippen LogP contribution in [0.2, 0.25) is 0 Å². The zero-order valence-electron chi connectivity index (χ0n) is 11.8. The number of carbonyl (C=O) groups excluding carboxylic acids is 1. The van der Waals surface area contributed by atoms with Crippen LogP contribution in [-0.4, -0.2) is 19.1 Å². The summed E-state index contributed by atoms with van der Waals surface area (Å²) in [7, 11) is 0. The molecule has 0 bridgehead atoms. The van der Waals surface area contributed by atoms with E-state index in [-0.39, 0.29) is 12.5 Å². The molecule has 0 saturated carbocycles. The summed E-state index contributed by atoms with van der Waals surface area (Å²) in [5.74, 6) is 1.10. The largest absolute Gasteiger partial charge is 0.483 e. The summed E-state index contributed by atoms with van der Waals surface area (Å²) in [5, 5.41) is 2.82. The molecule has 0 spiro atoms. The Balaban J connectivity index is 2.47. The van der Waals surface area contributed by atoms with Crippen LogP contribution in [0.25, 0.3) is 0 Å². The molecular formula is C15H22BrNO2. The SMILES string of the molecule is CCCCNC(=O)COc1ccc(C(C)C)cc1Br. The van der Waals surface area contributed by atoms with Crippen LogP contribution in [0.4, 0.5) is 0 Å². The molecule has 0 saturated heterocycles. The fourth-order valence-corrected chi connectivity index (χ4v) is 2.10. The molecule has 19 heavy (non-hydrogen) atoms. The van der Waals surface area contributed by atoms with Crippen LogP contribution in [0.15, 0.2) is 22.7 Å². The van der Waals surface area contributed by atoms with Gasteiger partial charge in [0.2, 0.25) is 0 Å². The van der Waals surface area contributed by atoms with Gasteiger partial charge >= 0.3 is 0 Å². The van der Waals surface area contributed by atoms with Crippen LogP contribution in [0.5, 0.6) is 5.75 Å². The van der Waals surface area contributed by atoms with E-state index in [1.165, 1.54) is 5.56 Å². The Kier molecular flexibility index (Phi) is 6.92. The van der Waals surface area contributed by atoms with E-state index in [2.05, 4.69) is 42.0 Å². The normalized spacial score (nSPS) is 10.6. The van der Waals surface area contributed by atoms with E-state index in [9.17, 15) is 4.79 Å². The molecule has 1 N–H and O–H groups in total. The number of carbonyl (C=O) groups is 1. The highest BCUT2D eigenvalue weighted by Crippen LogP contribution is 2.28. The number of amides is 1. The highest BCUT2D eigenvalue weighted by molar-refractivity contribution is 9.10. The van der Waals surface area contributed by atoms with Crippen molar-refractivity contribution in [2.45, 2.75) is 39.5 Å². The first kappa shape index (κ1) is 16.0. The van der Waals surface area contributed by atoms with Gasteiger partial charge in [0.15, 0.2) is 6.61 Å². The van der Waals surface area contributed by atoms with Crippen LogP contribution < -0.4 is 10.1 Å². The maximum absolute atomic E-state index is 11.5. The molecule has 1 aromatic carbocycles. The van der Waals surface area contributed by atoms with Gasteiger partial charge in [-0.3, -0.25) is 4.79 Å². The fraction of sp³-hybridized carbons (Fsp3) is 0.533. The van der Waals surface area contributed by atoms with E-state index in [1.54, 1.807) is 0 Å². The second-order valence-corrected chi connectivity index (χ2v) is 5.69. The quantitative estimate of drug-likeness (QED) is 0.772. The minimum atomic E-state index is -0.0757. The maximum atomic E-state index is 11.5. The van der Waals surface area contributed by atoms with E-state index in [0.717, 1.165) is 17.3 Å². The molecule has 0 radical (unpaired) electrons. The van der Waals surface area contributed by atoms with Crippen molar-refractivity contribution in [3.63, 3.8) is 0 Å². The summed E-state index contributed by atoms with van der Waals surface area (Å²) in [6.07, 6.45) is 2.07. The number of hydrogen-bond acceptors (Lipinski definition) is 2. The minimum Gasteiger partial charge on any atom is -0.483 e. The van der Waals surface area contributed by atoms with Gasteiger partial charge in [0, 0.05) is 6.54 Å². The van der Waals surface area contributed by atoms with Gasteiger partial charge in [0.05, 0.1) is 4.47 Å². The minimum absolute atomic E-state index is 0.0589. The van der Waals surface area contributed by atoms with Crippen molar-refractivity contribution in [1.82, 2.24) is 5.32 Å². The Morgan fingerprint density at radius 1 is 1.42 bits per heavy atom. The first-order chi connectivity index (χ1) is 9.04. The molecule has 0 heterocycles. The lowest BCUT2D eigenvalue weighted by Gasteiger charge is -2.11. The van der Waals surface area contributed by atoms with Crippen LogP contribution in [-0.2, 0) is 4.79 Å². The predicted octanol–water partition coefficient (Wildman–Crippen LogP) is 3.87. The Morgan fingerprint density at radius 2 is 2.16 bits per heavy atom. The zero-order valence-corrected chi connectivity index (χ0v) is 13.4. The predicted molar refractivity (Wildman–Crippen MR) is 81.6 cm³/mol. The number of benzene rings is 1. The first-order valence-electron chi connectivity index (χ1n) is 6.73. The van der Waals surface area contributed by atoms with E-state index in [1.807, 2.05) is 18.2 Å². The Hall–Kier alpha value is -1.03. The topological polar surface area (TPSA) is 38.3 Å². The zero-order chi connectivity index (χ0) is 14.3. The van der Waals surface area contributed by atoms with Crippen LogP contribution in [0.1, 0.15) is 45.1 Å². The summed E-state index contributed by atoms with van der Waals surface area (Å²) < 4.78 is 6.39. The van der Waals surface area contributed by atoms with Gasteiger partial charge in [0.25, 0.3) is 5.91 Å². The summed E-state index contributed by atoms with van der Waals surface area (Å²) in [4.78, 5) is 11.5. The second-order valence-electron chi connectivity index (χ2n) is 4.84.